The zero-order valence-corrected chi connectivity index (χ0v) is 14.0. The lowest BCUT2D eigenvalue weighted by Gasteiger charge is -2.15. The van der Waals surface area contributed by atoms with Gasteiger partial charge in [0.1, 0.15) is 23.1 Å². The molecule has 2 rings (SSSR count). The van der Waals surface area contributed by atoms with Crippen LogP contribution in [-0.4, -0.2) is 47.6 Å². The molecule has 0 aliphatic heterocycles. The second-order valence-corrected chi connectivity index (χ2v) is 5.37. The first-order valence-electron chi connectivity index (χ1n) is 6.67. The van der Waals surface area contributed by atoms with E-state index < -0.39 is 12.7 Å². The van der Waals surface area contributed by atoms with Crippen molar-refractivity contribution in [2.24, 2.45) is 0 Å². The standard InChI is InChI=1S/C14H14BN3O5S/c1-22-9-4-7(5-10(23-2)11(9)15(20)21)12-8(6-16)13(19)18-14(17-12)24-3/h4-5,20-21H,1-3H3,(H,17,18,19). The predicted molar refractivity (Wildman–Crippen MR) is 89.7 cm³/mol. The first-order valence-corrected chi connectivity index (χ1v) is 7.90. The summed E-state index contributed by atoms with van der Waals surface area (Å²) in [5, 5.41) is 28.6. The quantitative estimate of drug-likeness (QED) is 0.383. The lowest BCUT2D eigenvalue weighted by molar-refractivity contribution is 0.385. The van der Waals surface area contributed by atoms with Crippen LogP contribution in [0.3, 0.4) is 0 Å². The monoisotopic (exact) mass is 347 g/mol. The first-order chi connectivity index (χ1) is 11.5. The Morgan fingerprint density at radius 1 is 1.29 bits per heavy atom. The van der Waals surface area contributed by atoms with Gasteiger partial charge >= 0.3 is 7.12 Å². The molecule has 0 radical (unpaired) electrons. The number of nitrogens with zero attached hydrogens (tertiary/aromatic N) is 2. The highest BCUT2D eigenvalue weighted by Crippen LogP contribution is 2.29. The highest BCUT2D eigenvalue weighted by atomic mass is 32.2. The van der Waals surface area contributed by atoms with Gasteiger partial charge in [0.15, 0.2) is 5.16 Å². The Morgan fingerprint density at radius 3 is 2.29 bits per heavy atom. The Balaban J connectivity index is 2.81. The summed E-state index contributed by atoms with van der Waals surface area (Å²) in [5.74, 6) is 0.270. The first kappa shape index (κ1) is 17.9. The maximum Gasteiger partial charge on any atom is 0.496 e. The van der Waals surface area contributed by atoms with Crippen LogP contribution in [-0.2, 0) is 0 Å². The van der Waals surface area contributed by atoms with Crippen LogP contribution in [0.15, 0.2) is 22.1 Å². The van der Waals surface area contributed by atoms with Crippen LogP contribution in [0.1, 0.15) is 5.56 Å². The Hall–Kier alpha value is -2.48. The molecule has 10 heteroatoms. The maximum absolute atomic E-state index is 12.0. The third kappa shape index (κ3) is 3.23. The lowest BCUT2D eigenvalue weighted by atomic mass is 9.78. The molecular formula is C14H14BN3O5S. The minimum Gasteiger partial charge on any atom is -0.497 e. The molecule has 1 heterocycles. The van der Waals surface area contributed by atoms with Crippen LogP contribution in [0.25, 0.3) is 11.3 Å². The number of thioether (sulfide) groups is 1. The fourth-order valence-electron chi connectivity index (χ4n) is 2.19. The van der Waals surface area contributed by atoms with Gasteiger partial charge < -0.3 is 24.5 Å². The molecule has 0 saturated carbocycles. The van der Waals surface area contributed by atoms with Crippen LogP contribution >= 0.6 is 11.8 Å². The molecule has 0 spiro atoms. The topological polar surface area (TPSA) is 128 Å². The lowest BCUT2D eigenvalue weighted by Crippen LogP contribution is -2.32. The second kappa shape index (κ2) is 7.40. The van der Waals surface area contributed by atoms with Crippen molar-refractivity contribution in [1.82, 2.24) is 9.97 Å². The van der Waals surface area contributed by atoms with Crippen molar-refractivity contribution in [3.05, 3.63) is 28.0 Å². The van der Waals surface area contributed by atoms with E-state index in [1.54, 1.807) is 6.26 Å². The fraction of sp³-hybridized carbons (Fsp3) is 0.214. The fourth-order valence-corrected chi connectivity index (χ4v) is 2.57. The number of hydrogen-bond acceptors (Lipinski definition) is 8. The Labute approximate surface area is 142 Å². The number of methoxy groups -OCH3 is 2. The summed E-state index contributed by atoms with van der Waals surface area (Å²) in [6.45, 7) is 0. The average molecular weight is 347 g/mol. The van der Waals surface area contributed by atoms with Crippen LogP contribution in [0.5, 0.6) is 11.5 Å². The molecule has 8 nitrogen and oxygen atoms in total. The summed E-state index contributed by atoms with van der Waals surface area (Å²) in [5.41, 5.74) is -0.144. The van der Waals surface area contributed by atoms with Gasteiger partial charge in [-0.2, -0.15) is 5.26 Å². The molecule has 24 heavy (non-hydrogen) atoms. The normalized spacial score (nSPS) is 10.2. The van der Waals surface area contributed by atoms with E-state index in [9.17, 15) is 20.1 Å². The van der Waals surface area contributed by atoms with Crippen molar-refractivity contribution < 1.29 is 19.5 Å². The number of rotatable bonds is 5. The summed E-state index contributed by atoms with van der Waals surface area (Å²) in [4.78, 5) is 18.8. The Kier molecular flexibility index (Phi) is 5.51. The minimum absolute atomic E-state index is 0.0391. The van der Waals surface area contributed by atoms with Crippen LogP contribution < -0.4 is 20.5 Å². The molecular weight excluding hydrogens is 333 g/mol. The van der Waals surface area contributed by atoms with Crippen molar-refractivity contribution in [3.63, 3.8) is 0 Å². The zero-order chi connectivity index (χ0) is 17.9. The molecule has 2 aromatic rings. The summed E-state index contributed by atoms with van der Waals surface area (Å²) in [6.07, 6.45) is 1.74. The number of aromatic nitrogens is 2. The molecule has 1 aromatic carbocycles. The van der Waals surface area contributed by atoms with Gasteiger partial charge in [-0.1, -0.05) is 11.8 Å². The summed E-state index contributed by atoms with van der Waals surface area (Å²) >= 11 is 1.22. The molecule has 124 valence electrons. The molecule has 0 atom stereocenters. The molecule has 0 aliphatic rings. The van der Waals surface area contributed by atoms with Gasteiger partial charge in [-0.3, -0.25) is 4.79 Å². The number of nitrogens with one attached hydrogen (secondary N) is 1. The molecule has 0 bridgehead atoms. The molecule has 1 aromatic heterocycles. The minimum atomic E-state index is -1.81. The van der Waals surface area contributed by atoms with E-state index in [4.69, 9.17) is 9.47 Å². The Bertz CT molecular complexity index is 837. The van der Waals surface area contributed by atoms with E-state index >= 15 is 0 Å². The van der Waals surface area contributed by atoms with Gasteiger partial charge in [0.2, 0.25) is 0 Å². The number of aromatic amines is 1. The van der Waals surface area contributed by atoms with E-state index in [0.717, 1.165) is 0 Å². The largest absolute Gasteiger partial charge is 0.497 e. The third-order valence-corrected chi connectivity index (χ3v) is 3.86. The van der Waals surface area contributed by atoms with Gasteiger partial charge in [0.05, 0.1) is 25.4 Å². The van der Waals surface area contributed by atoms with Gasteiger partial charge in [-0.25, -0.2) is 4.98 Å². The van der Waals surface area contributed by atoms with E-state index in [1.165, 1.54) is 38.1 Å². The van der Waals surface area contributed by atoms with Gasteiger partial charge in [0, 0.05) is 5.56 Å². The zero-order valence-electron chi connectivity index (χ0n) is 13.2. The number of nitriles is 1. The average Bonchev–Trinajstić information content (AvgIpc) is 2.59. The van der Waals surface area contributed by atoms with Crippen molar-refractivity contribution >= 4 is 24.3 Å². The number of hydrogen-bond donors (Lipinski definition) is 3. The van der Waals surface area contributed by atoms with Crippen LogP contribution in [0, 0.1) is 11.3 Å². The van der Waals surface area contributed by atoms with Crippen molar-refractivity contribution in [1.29, 1.82) is 5.26 Å². The Morgan fingerprint density at radius 2 is 1.88 bits per heavy atom. The van der Waals surface area contributed by atoms with Crippen LogP contribution in [0.2, 0.25) is 0 Å². The molecule has 0 amide bonds. The molecule has 3 N–H and O–H groups in total. The van der Waals surface area contributed by atoms with Gasteiger partial charge in [0.25, 0.3) is 5.56 Å². The number of H-pyrrole nitrogens is 1. The van der Waals surface area contributed by atoms with Crippen molar-refractivity contribution in [2.45, 2.75) is 5.16 Å². The third-order valence-electron chi connectivity index (χ3n) is 3.28. The predicted octanol–water partition coefficient (Wildman–Crippen LogP) is -0.273. The molecule has 0 fully saturated rings. The second-order valence-electron chi connectivity index (χ2n) is 4.58. The smallest absolute Gasteiger partial charge is 0.496 e. The summed E-state index contributed by atoms with van der Waals surface area (Å²) < 4.78 is 10.3. The maximum atomic E-state index is 12.0. The number of benzene rings is 1. The highest BCUT2D eigenvalue weighted by Gasteiger charge is 2.25. The van der Waals surface area contributed by atoms with Gasteiger partial charge in [-0.15, -0.1) is 0 Å². The molecule has 0 saturated heterocycles. The molecule has 0 unspecified atom stereocenters. The van der Waals surface area contributed by atoms with E-state index in [2.05, 4.69) is 9.97 Å². The van der Waals surface area contributed by atoms with E-state index in [1.807, 2.05) is 6.07 Å². The van der Waals surface area contributed by atoms with E-state index in [0.29, 0.717) is 10.7 Å². The highest BCUT2D eigenvalue weighted by molar-refractivity contribution is 7.98. The van der Waals surface area contributed by atoms with Gasteiger partial charge in [-0.05, 0) is 18.4 Å². The number of ether oxygens (including phenoxy) is 2. The summed E-state index contributed by atoms with van der Waals surface area (Å²) in [7, 11) is 0.899. The van der Waals surface area contributed by atoms with Crippen LogP contribution in [0.4, 0.5) is 0 Å². The van der Waals surface area contributed by atoms with Crippen molar-refractivity contribution in [3.8, 4) is 28.8 Å². The van der Waals surface area contributed by atoms with E-state index in [-0.39, 0.29) is 28.2 Å². The molecule has 0 aliphatic carbocycles. The van der Waals surface area contributed by atoms with Crippen molar-refractivity contribution in [2.75, 3.05) is 20.5 Å². The SMILES string of the molecule is COc1cc(-c2nc(SC)[nH]c(=O)c2C#N)cc(OC)c1B(O)O. The summed E-state index contributed by atoms with van der Waals surface area (Å²) in [6, 6.07) is 4.75.